The molecule has 1 aromatic rings. The van der Waals surface area contributed by atoms with E-state index in [1.54, 1.807) is 0 Å². The summed E-state index contributed by atoms with van der Waals surface area (Å²) >= 11 is 0. The molecule has 1 heterocycles. The number of nitrogen functional groups attached to an aromatic ring is 1. The van der Waals surface area contributed by atoms with E-state index in [0.29, 0.717) is 0 Å². The lowest BCUT2D eigenvalue weighted by molar-refractivity contribution is 0.0732. The average molecular weight is 220 g/mol. The van der Waals surface area contributed by atoms with Gasteiger partial charge in [0.05, 0.1) is 5.60 Å². The summed E-state index contributed by atoms with van der Waals surface area (Å²) in [5.74, 6) is 0. The van der Waals surface area contributed by atoms with Crippen LogP contribution in [0.5, 0.6) is 0 Å². The number of nitrogens with two attached hydrogens (primary N) is 1. The third-order valence-corrected chi connectivity index (χ3v) is 3.09. The summed E-state index contributed by atoms with van der Waals surface area (Å²) in [4.78, 5) is 2.31. The Bertz CT molecular complexity index is 382. The third-order valence-electron chi connectivity index (χ3n) is 3.09. The van der Waals surface area contributed by atoms with Crippen molar-refractivity contribution in [2.24, 2.45) is 0 Å². The summed E-state index contributed by atoms with van der Waals surface area (Å²) in [5, 5.41) is 9.73. The number of fused-ring (bicyclic) bond motifs is 1. The van der Waals surface area contributed by atoms with Gasteiger partial charge in [0.25, 0.3) is 0 Å². The van der Waals surface area contributed by atoms with Gasteiger partial charge in [0, 0.05) is 24.5 Å². The van der Waals surface area contributed by atoms with Crippen molar-refractivity contribution < 1.29 is 5.11 Å². The minimum absolute atomic E-state index is 0.594. The first kappa shape index (κ1) is 11.3. The quantitative estimate of drug-likeness (QED) is 0.764. The van der Waals surface area contributed by atoms with E-state index in [1.807, 2.05) is 26.0 Å². The molecule has 1 aliphatic heterocycles. The van der Waals surface area contributed by atoms with Gasteiger partial charge >= 0.3 is 0 Å². The lowest BCUT2D eigenvalue weighted by Gasteiger charge is -2.24. The molecule has 3 N–H and O–H groups in total. The van der Waals surface area contributed by atoms with Crippen LogP contribution in [-0.2, 0) is 6.42 Å². The molecule has 0 aromatic heterocycles. The first-order valence-corrected chi connectivity index (χ1v) is 5.81. The highest BCUT2D eigenvalue weighted by Crippen LogP contribution is 2.30. The van der Waals surface area contributed by atoms with Gasteiger partial charge in [0.1, 0.15) is 0 Å². The Labute approximate surface area is 96.9 Å². The lowest BCUT2D eigenvalue weighted by Crippen LogP contribution is -2.29. The van der Waals surface area contributed by atoms with Crippen molar-refractivity contribution in [1.29, 1.82) is 0 Å². The van der Waals surface area contributed by atoms with Crippen molar-refractivity contribution in [3.8, 4) is 0 Å². The van der Waals surface area contributed by atoms with E-state index in [9.17, 15) is 5.11 Å². The highest BCUT2D eigenvalue weighted by Gasteiger charge is 2.21. The molecule has 0 bridgehead atoms. The SMILES string of the molecule is CC(C)(O)CCN1CCc2ccc(N)cc21. The highest BCUT2D eigenvalue weighted by atomic mass is 16.3. The smallest absolute Gasteiger partial charge is 0.0608 e. The monoisotopic (exact) mass is 220 g/mol. The third kappa shape index (κ3) is 2.47. The first-order valence-electron chi connectivity index (χ1n) is 5.81. The van der Waals surface area contributed by atoms with Gasteiger partial charge < -0.3 is 15.7 Å². The fourth-order valence-corrected chi connectivity index (χ4v) is 2.10. The van der Waals surface area contributed by atoms with Crippen molar-refractivity contribution in [2.75, 3.05) is 23.7 Å². The molecule has 0 saturated carbocycles. The Hall–Kier alpha value is -1.22. The fraction of sp³-hybridized carbons (Fsp3) is 0.538. The van der Waals surface area contributed by atoms with Gasteiger partial charge in [-0.05, 0) is 44.4 Å². The Morgan fingerprint density at radius 1 is 1.44 bits per heavy atom. The van der Waals surface area contributed by atoms with Crippen molar-refractivity contribution >= 4 is 11.4 Å². The predicted molar refractivity (Wildman–Crippen MR) is 67.7 cm³/mol. The van der Waals surface area contributed by atoms with Crippen LogP contribution in [0.2, 0.25) is 0 Å². The summed E-state index contributed by atoms with van der Waals surface area (Å²) in [7, 11) is 0. The molecule has 3 heteroatoms. The molecule has 88 valence electrons. The van der Waals surface area contributed by atoms with Gasteiger partial charge in [0.2, 0.25) is 0 Å². The largest absolute Gasteiger partial charge is 0.399 e. The Morgan fingerprint density at radius 2 is 2.19 bits per heavy atom. The summed E-state index contributed by atoms with van der Waals surface area (Å²) in [6, 6.07) is 6.10. The maximum atomic E-state index is 9.73. The summed E-state index contributed by atoms with van der Waals surface area (Å²) in [5.41, 5.74) is 8.62. The molecular formula is C13H20N2O. The zero-order valence-electron chi connectivity index (χ0n) is 10.0. The van der Waals surface area contributed by atoms with E-state index in [2.05, 4.69) is 11.0 Å². The van der Waals surface area contributed by atoms with Crippen molar-refractivity contribution in [3.05, 3.63) is 23.8 Å². The molecule has 0 atom stereocenters. The van der Waals surface area contributed by atoms with E-state index in [-0.39, 0.29) is 0 Å². The van der Waals surface area contributed by atoms with Gasteiger partial charge in [-0.2, -0.15) is 0 Å². The number of rotatable bonds is 3. The maximum Gasteiger partial charge on any atom is 0.0608 e. The van der Waals surface area contributed by atoms with Crippen molar-refractivity contribution in [1.82, 2.24) is 0 Å². The van der Waals surface area contributed by atoms with Crippen molar-refractivity contribution in [2.45, 2.75) is 32.3 Å². The van der Waals surface area contributed by atoms with Gasteiger partial charge in [0.15, 0.2) is 0 Å². The normalized spacial score (nSPS) is 15.3. The van der Waals surface area contributed by atoms with E-state index < -0.39 is 5.60 Å². The van der Waals surface area contributed by atoms with Gasteiger partial charge in [-0.15, -0.1) is 0 Å². The van der Waals surface area contributed by atoms with Gasteiger partial charge in [-0.1, -0.05) is 6.07 Å². The molecule has 0 saturated heterocycles. The summed E-state index contributed by atoms with van der Waals surface area (Å²) in [6.07, 6.45) is 1.86. The number of hydrogen-bond donors (Lipinski definition) is 2. The molecule has 2 rings (SSSR count). The van der Waals surface area contributed by atoms with Crippen LogP contribution in [0.4, 0.5) is 11.4 Å². The molecule has 0 unspecified atom stereocenters. The summed E-state index contributed by atoms with van der Waals surface area (Å²) in [6.45, 7) is 5.63. The van der Waals surface area contributed by atoms with Gasteiger partial charge in [-0.3, -0.25) is 0 Å². The van der Waals surface area contributed by atoms with E-state index in [1.165, 1.54) is 11.3 Å². The van der Waals surface area contributed by atoms with Crippen LogP contribution in [0.25, 0.3) is 0 Å². The molecular weight excluding hydrogens is 200 g/mol. The van der Waals surface area contributed by atoms with Crippen LogP contribution >= 0.6 is 0 Å². The van der Waals surface area contributed by atoms with E-state index in [0.717, 1.165) is 31.6 Å². The standard InChI is InChI=1S/C13H20N2O/c1-13(2,16)6-8-15-7-5-10-3-4-11(14)9-12(10)15/h3-4,9,16H,5-8,14H2,1-2H3. The average Bonchev–Trinajstić information content (AvgIpc) is 2.56. The number of benzene rings is 1. The molecule has 0 aliphatic carbocycles. The number of aliphatic hydroxyl groups is 1. The molecule has 16 heavy (non-hydrogen) atoms. The second-order valence-corrected chi connectivity index (χ2v) is 5.19. The van der Waals surface area contributed by atoms with Crippen LogP contribution in [-0.4, -0.2) is 23.8 Å². The zero-order chi connectivity index (χ0) is 11.8. The predicted octanol–water partition coefficient (Wildman–Crippen LogP) is 1.79. The van der Waals surface area contributed by atoms with E-state index in [4.69, 9.17) is 5.73 Å². The maximum absolute atomic E-state index is 9.73. The zero-order valence-corrected chi connectivity index (χ0v) is 10.0. The molecule has 1 aliphatic rings. The second kappa shape index (κ2) is 3.98. The second-order valence-electron chi connectivity index (χ2n) is 5.19. The summed E-state index contributed by atoms with van der Waals surface area (Å²) < 4.78 is 0. The molecule has 0 spiro atoms. The lowest BCUT2D eigenvalue weighted by atomic mass is 10.1. The number of nitrogens with zero attached hydrogens (tertiary/aromatic N) is 1. The Kier molecular flexibility index (Phi) is 2.80. The molecule has 1 aromatic carbocycles. The topological polar surface area (TPSA) is 49.5 Å². The Balaban J connectivity index is 2.08. The fourth-order valence-electron chi connectivity index (χ4n) is 2.10. The van der Waals surface area contributed by atoms with Crippen LogP contribution in [0.3, 0.4) is 0 Å². The van der Waals surface area contributed by atoms with Gasteiger partial charge in [-0.25, -0.2) is 0 Å². The van der Waals surface area contributed by atoms with Crippen LogP contribution < -0.4 is 10.6 Å². The minimum Gasteiger partial charge on any atom is -0.399 e. The van der Waals surface area contributed by atoms with Crippen LogP contribution in [0, 0.1) is 0 Å². The molecule has 0 radical (unpaired) electrons. The number of hydrogen-bond acceptors (Lipinski definition) is 3. The van der Waals surface area contributed by atoms with Crippen LogP contribution in [0.1, 0.15) is 25.8 Å². The molecule has 0 fully saturated rings. The molecule has 3 nitrogen and oxygen atoms in total. The first-order chi connectivity index (χ1) is 7.46. The Morgan fingerprint density at radius 3 is 2.88 bits per heavy atom. The highest BCUT2D eigenvalue weighted by molar-refractivity contribution is 5.64. The molecule has 0 amide bonds. The minimum atomic E-state index is -0.594. The van der Waals surface area contributed by atoms with Crippen LogP contribution in [0.15, 0.2) is 18.2 Å². The van der Waals surface area contributed by atoms with Crippen molar-refractivity contribution in [3.63, 3.8) is 0 Å². The van der Waals surface area contributed by atoms with E-state index >= 15 is 0 Å². The number of anilines is 2.